The van der Waals surface area contributed by atoms with E-state index in [0.29, 0.717) is 0 Å². The van der Waals surface area contributed by atoms with Crippen LogP contribution in [0.25, 0.3) is 0 Å². The normalized spacial score (nSPS) is 13.3. The van der Waals surface area contributed by atoms with Gasteiger partial charge in [-0.3, -0.25) is 0 Å². The van der Waals surface area contributed by atoms with Crippen LogP contribution in [0.15, 0.2) is 54.6 Å². The molecule has 1 heteroatoms. The molecule has 0 aliphatic heterocycles. The number of nitrogens with two attached hydrogens (primary N) is 1. The Bertz CT molecular complexity index is 528. The van der Waals surface area contributed by atoms with Crippen molar-refractivity contribution in [1.82, 2.24) is 0 Å². The predicted octanol–water partition coefficient (Wildman–Crippen LogP) is 3.84. The van der Waals surface area contributed by atoms with Gasteiger partial charge in [0, 0.05) is 11.5 Å². The minimum Gasteiger partial charge on any atom is -0.327 e. The van der Waals surface area contributed by atoms with Gasteiger partial charge in [-0.2, -0.15) is 0 Å². The molecule has 0 spiro atoms. The van der Waals surface area contributed by atoms with Crippen LogP contribution in [-0.2, 0) is 11.8 Å². The molecule has 0 fully saturated rings. The van der Waals surface area contributed by atoms with Gasteiger partial charge < -0.3 is 5.73 Å². The number of hydrogen-bond acceptors (Lipinski definition) is 1. The zero-order valence-electron chi connectivity index (χ0n) is 12.1. The van der Waals surface area contributed by atoms with E-state index in [1.54, 1.807) is 0 Å². The molecule has 100 valence electrons. The van der Waals surface area contributed by atoms with Gasteiger partial charge in [-0.1, -0.05) is 68.4 Å². The molecule has 1 nitrogen and oxygen atoms in total. The number of aryl methyl sites for hydroxylation is 1. The maximum atomic E-state index is 6.48. The van der Waals surface area contributed by atoms with E-state index in [1.807, 2.05) is 6.07 Å². The smallest absolute Gasteiger partial charge is 0.0172 e. The first kappa shape index (κ1) is 13.8. The summed E-state index contributed by atoms with van der Waals surface area (Å²) in [5, 5.41) is 0. The van der Waals surface area contributed by atoms with Crippen molar-refractivity contribution >= 4 is 0 Å². The lowest BCUT2D eigenvalue weighted by molar-refractivity contribution is 0.406. The van der Waals surface area contributed by atoms with Crippen LogP contribution >= 0.6 is 0 Å². The molecule has 0 aromatic heterocycles. The molecule has 1 unspecified atom stereocenters. The molecule has 2 N–H and O–H groups in total. The van der Waals surface area contributed by atoms with Crippen molar-refractivity contribution in [3.05, 3.63) is 71.3 Å². The summed E-state index contributed by atoms with van der Waals surface area (Å²) in [6.07, 6.45) is 0.911. The molecular weight excluding hydrogens is 230 g/mol. The third kappa shape index (κ3) is 3.05. The summed E-state index contributed by atoms with van der Waals surface area (Å²) in [6, 6.07) is 19.1. The fourth-order valence-corrected chi connectivity index (χ4v) is 2.41. The zero-order valence-corrected chi connectivity index (χ0v) is 12.1. The standard InChI is InChI=1S/C18H23N/c1-14-9-7-8-10-15(14)13-17(19)18(2,3)16-11-5-4-6-12-16/h4-12,17H,13,19H2,1-3H3. The van der Waals surface area contributed by atoms with Crippen molar-refractivity contribution in [3.63, 3.8) is 0 Å². The third-order valence-electron chi connectivity index (χ3n) is 4.15. The average molecular weight is 253 g/mol. The van der Waals surface area contributed by atoms with Crippen molar-refractivity contribution in [2.24, 2.45) is 5.73 Å². The van der Waals surface area contributed by atoms with E-state index in [0.717, 1.165) is 6.42 Å². The van der Waals surface area contributed by atoms with Gasteiger partial charge in [0.1, 0.15) is 0 Å². The Morgan fingerprint density at radius 1 is 0.947 bits per heavy atom. The van der Waals surface area contributed by atoms with Crippen molar-refractivity contribution in [3.8, 4) is 0 Å². The second kappa shape index (κ2) is 5.58. The second-order valence-electron chi connectivity index (χ2n) is 5.82. The van der Waals surface area contributed by atoms with Gasteiger partial charge in [-0.15, -0.1) is 0 Å². The van der Waals surface area contributed by atoms with Gasteiger partial charge in [0.25, 0.3) is 0 Å². The van der Waals surface area contributed by atoms with Gasteiger partial charge in [-0.05, 0) is 30.0 Å². The summed E-state index contributed by atoms with van der Waals surface area (Å²) in [5.41, 5.74) is 10.4. The molecule has 0 aliphatic rings. The van der Waals surface area contributed by atoms with Crippen LogP contribution in [0.3, 0.4) is 0 Å². The van der Waals surface area contributed by atoms with E-state index >= 15 is 0 Å². The Morgan fingerprint density at radius 3 is 2.16 bits per heavy atom. The molecule has 2 aromatic rings. The molecule has 2 aromatic carbocycles. The topological polar surface area (TPSA) is 26.0 Å². The van der Waals surface area contributed by atoms with Crippen molar-refractivity contribution < 1.29 is 0 Å². The summed E-state index contributed by atoms with van der Waals surface area (Å²) >= 11 is 0. The average Bonchev–Trinajstić information content (AvgIpc) is 2.42. The van der Waals surface area contributed by atoms with Crippen LogP contribution in [0.4, 0.5) is 0 Å². The van der Waals surface area contributed by atoms with E-state index < -0.39 is 0 Å². The first-order valence-electron chi connectivity index (χ1n) is 6.87. The third-order valence-corrected chi connectivity index (χ3v) is 4.15. The Hall–Kier alpha value is -1.60. The SMILES string of the molecule is Cc1ccccc1CC(N)C(C)(C)c1ccccc1. The Labute approximate surface area is 116 Å². The molecule has 0 radical (unpaired) electrons. The van der Waals surface area contributed by atoms with E-state index in [9.17, 15) is 0 Å². The molecular formula is C18H23N. The van der Waals surface area contributed by atoms with Gasteiger partial charge in [0.05, 0.1) is 0 Å². The molecule has 1 atom stereocenters. The highest BCUT2D eigenvalue weighted by Gasteiger charge is 2.28. The summed E-state index contributed by atoms with van der Waals surface area (Å²) in [4.78, 5) is 0. The number of rotatable bonds is 4. The maximum absolute atomic E-state index is 6.48. The summed E-state index contributed by atoms with van der Waals surface area (Å²) < 4.78 is 0. The van der Waals surface area contributed by atoms with Crippen LogP contribution in [0.2, 0.25) is 0 Å². The van der Waals surface area contributed by atoms with Crippen LogP contribution in [0.1, 0.15) is 30.5 Å². The fraction of sp³-hybridized carbons (Fsp3) is 0.333. The molecule has 0 heterocycles. The minimum absolute atomic E-state index is 0.0243. The highest BCUT2D eigenvalue weighted by Crippen LogP contribution is 2.28. The summed E-state index contributed by atoms with van der Waals surface area (Å²) in [6.45, 7) is 6.61. The fourth-order valence-electron chi connectivity index (χ4n) is 2.41. The lowest BCUT2D eigenvalue weighted by Gasteiger charge is -2.32. The Morgan fingerprint density at radius 2 is 1.53 bits per heavy atom. The Balaban J connectivity index is 2.20. The summed E-state index contributed by atoms with van der Waals surface area (Å²) in [5.74, 6) is 0. The van der Waals surface area contributed by atoms with E-state index in [-0.39, 0.29) is 11.5 Å². The van der Waals surface area contributed by atoms with E-state index in [1.165, 1.54) is 16.7 Å². The van der Waals surface area contributed by atoms with E-state index in [2.05, 4.69) is 69.3 Å². The zero-order chi connectivity index (χ0) is 13.9. The van der Waals surface area contributed by atoms with Gasteiger partial charge >= 0.3 is 0 Å². The molecule has 19 heavy (non-hydrogen) atoms. The molecule has 0 aliphatic carbocycles. The van der Waals surface area contributed by atoms with Crippen LogP contribution in [0.5, 0.6) is 0 Å². The van der Waals surface area contributed by atoms with Crippen LogP contribution < -0.4 is 5.73 Å². The van der Waals surface area contributed by atoms with Gasteiger partial charge in [0.15, 0.2) is 0 Å². The lowest BCUT2D eigenvalue weighted by atomic mass is 9.75. The quantitative estimate of drug-likeness (QED) is 0.880. The largest absolute Gasteiger partial charge is 0.327 e. The monoisotopic (exact) mass is 253 g/mol. The first-order chi connectivity index (χ1) is 9.01. The van der Waals surface area contributed by atoms with Crippen molar-refractivity contribution in [2.75, 3.05) is 0 Å². The lowest BCUT2D eigenvalue weighted by Crippen LogP contribution is -2.42. The van der Waals surface area contributed by atoms with Crippen molar-refractivity contribution in [2.45, 2.75) is 38.6 Å². The van der Waals surface area contributed by atoms with Crippen molar-refractivity contribution in [1.29, 1.82) is 0 Å². The van der Waals surface area contributed by atoms with Gasteiger partial charge in [0.2, 0.25) is 0 Å². The predicted molar refractivity (Wildman–Crippen MR) is 82.3 cm³/mol. The minimum atomic E-state index is -0.0243. The van der Waals surface area contributed by atoms with Crippen LogP contribution in [-0.4, -0.2) is 6.04 Å². The number of benzene rings is 2. The molecule has 0 bridgehead atoms. The molecule has 0 saturated carbocycles. The van der Waals surface area contributed by atoms with Gasteiger partial charge in [-0.25, -0.2) is 0 Å². The van der Waals surface area contributed by atoms with Crippen LogP contribution in [0, 0.1) is 6.92 Å². The van der Waals surface area contributed by atoms with E-state index in [4.69, 9.17) is 5.73 Å². The molecule has 2 rings (SSSR count). The highest BCUT2D eigenvalue weighted by molar-refractivity contribution is 5.30. The highest BCUT2D eigenvalue weighted by atomic mass is 14.7. The maximum Gasteiger partial charge on any atom is 0.0172 e. The second-order valence-corrected chi connectivity index (χ2v) is 5.82. The first-order valence-corrected chi connectivity index (χ1v) is 6.87. The number of hydrogen-bond donors (Lipinski definition) is 1. The summed E-state index contributed by atoms with van der Waals surface area (Å²) in [7, 11) is 0. The Kier molecular flexibility index (Phi) is 4.06. The molecule has 0 amide bonds. The molecule has 0 saturated heterocycles.